The number of benzene rings is 1. The lowest BCUT2D eigenvalue weighted by Crippen LogP contribution is -2.49. The number of hydrogen-bond acceptors (Lipinski definition) is 7. The molecule has 8 nitrogen and oxygen atoms in total. The summed E-state index contributed by atoms with van der Waals surface area (Å²) in [6.45, 7) is 5.60. The molecule has 2 saturated heterocycles. The summed E-state index contributed by atoms with van der Waals surface area (Å²) in [7, 11) is 1.68. The van der Waals surface area contributed by atoms with E-state index in [4.69, 9.17) is 14.0 Å². The number of nitrogens with zero attached hydrogens (tertiary/aromatic N) is 4. The molecule has 1 aromatic heterocycles. The van der Waals surface area contributed by atoms with Crippen LogP contribution < -0.4 is 14.5 Å². The Bertz CT molecular complexity index is 780. The van der Waals surface area contributed by atoms with Gasteiger partial charge in [0.25, 0.3) is 5.91 Å². The number of rotatable bonds is 4. The lowest BCUT2D eigenvalue weighted by molar-refractivity contribution is 0.0736. The van der Waals surface area contributed by atoms with Crippen LogP contribution in [0.4, 0.5) is 11.6 Å². The maximum Gasteiger partial charge on any atom is 0.276 e. The van der Waals surface area contributed by atoms with Gasteiger partial charge >= 0.3 is 0 Å². The maximum atomic E-state index is 12.8. The molecule has 0 aliphatic carbocycles. The lowest BCUT2D eigenvalue weighted by Gasteiger charge is -2.36. The zero-order valence-corrected chi connectivity index (χ0v) is 15.5. The Morgan fingerprint density at radius 1 is 1.04 bits per heavy atom. The molecule has 2 fully saturated rings. The summed E-state index contributed by atoms with van der Waals surface area (Å²) in [6, 6.07) is 9.69. The number of ether oxygens (including phenoxy) is 2. The third-order valence-corrected chi connectivity index (χ3v) is 5.03. The molecule has 0 unspecified atom stereocenters. The van der Waals surface area contributed by atoms with Crippen LogP contribution in [-0.4, -0.2) is 75.6 Å². The standard InChI is InChI=1S/C19H24N4O4/c1-25-17-5-3-2-4-16(17)21-6-8-23(9-7-21)19(24)15-14-18(27-20-15)22-10-12-26-13-11-22/h2-5,14H,6-13H2,1H3. The highest BCUT2D eigenvalue weighted by Gasteiger charge is 2.26. The van der Waals surface area contributed by atoms with Gasteiger partial charge in [-0.05, 0) is 12.1 Å². The molecule has 0 N–H and O–H groups in total. The van der Waals surface area contributed by atoms with E-state index in [2.05, 4.69) is 10.1 Å². The zero-order chi connectivity index (χ0) is 18.6. The van der Waals surface area contributed by atoms with Crippen LogP contribution >= 0.6 is 0 Å². The van der Waals surface area contributed by atoms with Crippen molar-refractivity contribution in [2.75, 3.05) is 69.4 Å². The Labute approximate surface area is 158 Å². The molecule has 27 heavy (non-hydrogen) atoms. The van der Waals surface area contributed by atoms with Gasteiger partial charge in [0.05, 0.1) is 26.0 Å². The van der Waals surface area contributed by atoms with Gasteiger partial charge in [-0.1, -0.05) is 17.3 Å². The zero-order valence-electron chi connectivity index (χ0n) is 15.5. The second-order valence-electron chi connectivity index (χ2n) is 6.60. The quantitative estimate of drug-likeness (QED) is 0.805. The monoisotopic (exact) mass is 372 g/mol. The molecule has 0 bridgehead atoms. The molecule has 8 heteroatoms. The van der Waals surface area contributed by atoms with E-state index in [1.165, 1.54) is 0 Å². The van der Waals surface area contributed by atoms with Gasteiger partial charge < -0.3 is 28.7 Å². The molecule has 0 atom stereocenters. The summed E-state index contributed by atoms with van der Waals surface area (Å²) in [5, 5.41) is 3.99. The SMILES string of the molecule is COc1ccccc1N1CCN(C(=O)c2cc(N3CCOCC3)on2)CC1. The van der Waals surface area contributed by atoms with Gasteiger partial charge in [-0.2, -0.15) is 0 Å². The largest absolute Gasteiger partial charge is 0.495 e. The summed E-state index contributed by atoms with van der Waals surface area (Å²) < 4.78 is 16.2. The van der Waals surface area contributed by atoms with E-state index in [0.29, 0.717) is 37.9 Å². The number of anilines is 2. The van der Waals surface area contributed by atoms with Gasteiger partial charge in [0.15, 0.2) is 5.69 Å². The highest BCUT2D eigenvalue weighted by molar-refractivity contribution is 5.93. The number of carbonyl (C=O) groups is 1. The lowest BCUT2D eigenvalue weighted by atomic mass is 10.2. The molecule has 144 valence electrons. The average Bonchev–Trinajstić information content (AvgIpc) is 3.24. The van der Waals surface area contributed by atoms with Crippen molar-refractivity contribution in [2.24, 2.45) is 0 Å². The third-order valence-electron chi connectivity index (χ3n) is 5.03. The topological polar surface area (TPSA) is 71.3 Å². The number of aromatic nitrogens is 1. The molecule has 2 aromatic rings. The van der Waals surface area contributed by atoms with Gasteiger partial charge in [-0.3, -0.25) is 4.79 Å². The predicted molar refractivity (Wildman–Crippen MR) is 101 cm³/mol. The molecular formula is C19H24N4O4. The van der Waals surface area contributed by atoms with Crippen molar-refractivity contribution < 1.29 is 18.8 Å². The van der Waals surface area contributed by atoms with E-state index in [0.717, 1.165) is 37.6 Å². The van der Waals surface area contributed by atoms with Crippen LogP contribution in [0.25, 0.3) is 0 Å². The van der Waals surface area contributed by atoms with Crippen LogP contribution in [0.3, 0.4) is 0 Å². The Hall–Kier alpha value is -2.74. The van der Waals surface area contributed by atoms with E-state index in [9.17, 15) is 4.79 Å². The number of carbonyl (C=O) groups excluding carboxylic acids is 1. The molecule has 4 rings (SSSR count). The Balaban J connectivity index is 1.38. The number of piperazine rings is 1. The smallest absolute Gasteiger partial charge is 0.276 e. The second-order valence-corrected chi connectivity index (χ2v) is 6.60. The first-order valence-electron chi connectivity index (χ1n) is 9.23. The van der Waals surface area contributed by atoms with Crippen molar-refractivity contribution in [1.82, 2.24) is 10.1 Å². The fourth-order valence-electron chi connectivity index (χ4n) is 3.50. The van der Waals surface area contributed by atoms with Crippen LogP contribution in [-0.2, 0) is 4.74 Å². The van der Waals surface area contributed by atoms with E-state index >= 15 is 0 Å². The van der Waals surface area contributed by atoms with Crippen molar-refractivity contribution in [2.45, 2.75) is 0 Å². The summed E-state index contributed by atoms with van der Waals surface area (Å²) in [4.78, 5) is 18.9. The first-order chi connectivity index (χ1) is 13.3. The van der Waals surface area contributed by atoms with E-state index < -0.39 is 0 Å². The van der Waals surface area contributed by atoms with Crippen molar-refractivity contribution >= 4 is 17.5 Å². The summed E-state index contributed by atoms with van der Waals surface area (Å²) >= 11 is 0. The van der Waals surface area contributed by atoms with Crippen LogP contribution in [0.2, 0.25) is 0 Å². The fraction of sp³-hybridized carbons (Fsp3) is 0.474. The maximum absolute atomic E-state index is 12.8. The van der Waals surface area contributed by atoms with Crippen LogP contribution in [0.1, 0.15) is 10.5 Å². The summed E-state index contributed by atoms with van der Waals surface area (Å²) in [5.41, 5.74) is 1.42. The first kappa shape index (κ1) is 17.7. The molecule has 3 heterocycles. The van der Waals surface area contributed by atoms with Crippen LogP contribution in [0.5, 0.6) is 5.75 Å². The predicted octanol–water partition coefficient (Wildman–Crippen LogP) is 1.48. The average molecular weight is 372 g/mol. The summed E-state index contributed by atoms with van der Waals surface area (Å²) in [6.07, 6.45) is 0. The highest BCUT2D eigenvalue weighted by atomic mass is 16.5. The minimum atomic E-state index is -0.0852. The molecular weight excluding hydrogens is 348 g/mol. The van der Waals surface area contributed by atoms with Crippen LogP contribution in [0.15, 0.2) is 34.9 Å². The number of amides is 1. The first-order valence-corrected chi connectivity index (χ1v) is 9.23. The Morgan fingerprint density at radius 3 is 2.52 bits per heavy atom. The van der Waals surface area contributed by atoms with E-state index in [-0.39, 0.29) is 5.91 Å². The minimum absolute atomic E-state index is 0.0852. The van der Waals surface area contributed by atoms with Crippen molar-refractivity contribution in [3.05, 3.63) is 36.0 Å². The van der Waals surface area contributed by atoms with E-state index in [1.807, 2.05) is 34.1 Å². The fourth-order valence-corrected chi connectivity index (χ4v) is 3.50. The molecule has 1 aromatic carbocycles. The molecule has 0 saturated carbocycles. The van der Waals surface area contributed by atoms with Crippen LogP contribution in [0, 0.1) is 0 Å². The van der Waals surface area contributed by atoms with Gasteiger partial charge in [0, 0.05) is 45.3 Å². The number of para-hydroxylation sites is 2. The molecule has 1 amide bonds. The minimum Gasteiger partial charge on any atom is -0.495 e. The molecule has 2 aliphatic heterocycles. The summed E-state index contributed by atoms with van der Waals surface area (Å²) in [5.74, 6) is 1.40. The number of morpholine rings is 1. The van der Waals surface area contributed by atoms with Gasteiger partial charge in [-0.25, -0.2) is 0 Å². The molecule has 0 radical (unpaired) electrons. The number of methoxy groups -OCH3 is 1. The van der Waals surface area contributed by atoms with Crippen molar-refractivity contribution in [3.63, 3.8) is 0 Å². The normalized spacial score (nSPS) is 17.9. The van der Waals surface area contributed by atoms with Crippen molar-refractivity contribution in [3.8, 4) is 5.75 Å². The Morgan fingerprint density at radius 2 is 1.78 bits per heavy atom. The van der Waals surface area contributed by atoms with Crippen molar-refractivity contribution in [1.29, 1.82) is 0 Å². The van der Waals surface area contributed by atoms with E-state index in [1.54, 1.807) is 13.2 Å². The number of hydrogen-bond donors (Lipinski definition) is 0. The van der Waals surface area contributed by atoms with Gasteiger partial charge in [0.1, 0.15) is 5.75 Å². The van der Waals surface area contributed by atoms with Gasteiger partial charge in [-0.15, -0.1) is 0 Å². The Kier molecular flexibility index (Phi) is 5.15. The van der Waals surface area contributed by atoms with Gasteiger partial charge in [0.2, 0.25) is 5.88 Å². The molecule has 0 spiro atoms. The highest BCUT2D eigenvalue weighted by Crippen LogP contribution is 2.28. The second kappa shape index (κ2) is 7.87. The molecule has 2 aliphatic rings. The third kappa shape index (κ3) is 3.71.